The van der Waals surface area contributed by atoms with Gasteiger partial charge in [-0.3, -0.25) is 4.79 Å². The van der Waals surface area contributed by atoms with E-state index in [0.29, 0.717) is 36.2 Å². The first-order chi connectivity index (χ1) is 12.8. The van der Waals surface area contributed by atoms with E-state index in [2.05, 4.69) is 20.6 Å². The number of fused-ring (bicyclic) bond motifs is 1. The predicted molar refractivity (Wildman–Crippen MR) is 97.1 cm³/mol. The summed E-state index contributed by atoms with van der Waals surface area (Å²) in [5, 5.41) is 5.94. The number of para-hydroxylation sites is 1. The molecule has 2 heterocycles. The average Bonchev–Trinajstić information content (AvgIpc) is 2.69. The molecule has 0 atom stereocenters. The maximum atomic E-state index is 12.3. The number of carbonyl (C=O) groups excluding carboxylic acids is 1. The summed E-state index contributed by atoms with van der Waals surface area (Å²) < 4.78 is 11.1. The van der Waals surface area contributed by atoms with Crippen LogP contribution in [0.1, 0.15) is 10.5 Å². The normalized spacial score (nSPS) is 12.3. The standard InChI is InChI=1S/C19H16N4O3/c24-19(23-13-4-2-1-3-5-13)15-11-18(21-12-20-15)22-14-6-7-16-17(10-14)26-9-8-25-16/h1-7,10-12H,8-9H2,(H,23,24)(H,20,21,22). The number of nitrogens with one attached hydrogen (secondary N) is 2. The molecule has 0 aliphatic carbocycles. The highest BCUT2D eigenvalue weighted by molar-refractivity contribution is 6.03. The summed E-state index contributed by atoms with van der Waals surface area (Å²) in [5.41, 5.74) is 1.75. The fourth-order valence-electron chi connectivity index (χ4n) is 2.54. The molecule has 0 fully saturated rings. The number of benzene rings is 2. The van der Waals surface area contributed by atoms with Gasteiger partial charge in [0.05, 0.1) is 0 Å². The van der Waals surface area contributed by atoms with Gasteiger partial charge in [0.25, 0.3) is 5.91 Å². The molecule has 0 radical (unpaired) electrons. The fraction of sp³-hybridized carbons (Fsp3) is 0.105. The van der Waals surface area contributed by atoms with Crippen LogP contribution in [0.25, 0.3) is 0 Å². The molecule has 1 amide bonds. The van der Waals surface area contributed by atoms with E-state index in [1.807, 2.05) is 48.5 Å². The first-order valence-corrected chi connectivity index (χ1v) is 8.13. The van der Waals surface area contributed by atoms with Crippen LogP contribution in [0.5, 0.6) is 11.5 Å². The Hall–Kier alpha value is -3.61. The Morgan fingerprint density at radius 3 is 2.54 bits per heavy atom. The lowest BCUT2D eigenvalue weighted by Crippen LogP contribution is -2.15. The van der Waals surface area contributed by atoms with Crippen LogP contribution in [0, 0.1) is 0 Å². The minimum absolute atomic E-state index is 0.267. The maximum Gasteiger partial charge on any atom is 0.274 e. The van der Waals surface area contributed by atoms with Crippen molar-refractivity contribution in [2.45, 2.75) is 0 Å². The Morgan fingerprint density at radius 1 is 0.885 bits per heavy atom. The molecule has 2 aromatic carbocycles. The molecular weight excluding hydrogens is 332 g/mol. The van der Waals surface area contributed by atoms with Crippen molar-refractivity contribution in [3.8, 4) is 11.5 Å². The summed E-state index contributed by atoms with van der Waals surface area (Å²) in [6, 6.07) is 16.3. The van der Waals surface area contributed by atoms with Crippen molar-refractivity contribution in [2.24, 2.45) is 0 Å². The summed E-state index contributed by atoms with van der Waals surface area (Å²) in [7, 11) is 0. The molecule has 1 aliphatic heterocycles. The second-order valence-electron chi connectivity index (χ2n) is 5.59. The van der Waals surface area contributed by atoms with Gasteiger partial charge in [0.2, 0.25) is 0 Å². The van der Waals surface area contributed by atoms with Crippen molar-refractivity contribution >= 4 is 23.1 Å². The number of hydrogen-bond acceptors (Lipinski definition) is 6. The van der Waals surface area contributed by atoms with Gasteiger partial charge >= 0.3 is 0 Å². The average molecular weight is 348 g/mol. The molecule has 3 aromatic rings. The minimum atomic E-state index is -0.302. The Balaban J connectivity index is 1.50. The molecular formula is C19H16N4O3. The van der Waals surface area contributed by atoms with E-state index in [0.717, 1.165) is 5.69 Å². The van der Waals surface area contributed by atoms with Crippen molar-refractivity contribution in [1.29, 1.82) is 0 Å². The van der Waals surface area contributed by atoms with E-state index < -0.39 is 0 Å². The molecule has 1 aromatic heterocycles. The van der Waals surface area contributed by atoms with E-state index in [1.54, 1.807) is 6.07 Å². The lowest BCUT2D eigenvalue weighted by atomic mass is 10.2. The number of anilines is 3. The van der Waals surface area contributed by atoms with E-state index in [1.165, 1.54) is 6.33 Å². The Morgan fingerprint density at radius 2 is 1.69 bits per heavy atom. The van der Waals surface area contributed by atoms with Crippen LogP contribution < -0.4 is 20.1 Å². The topological polar surface area (TPSA) is 85.4 Å². The number of ether oxygens (including phenoxy) is 2. The highest BCUT2D eigenvalue weighted by atomic mass is 16.6. The van der Waals surface area contributed by atoms with Crippen LogP contribution in [0.15, 0.2) is 60.9 Å². The van der Waals surface area contributed by atoms with Crippen molar-refractivity contribution in [3.63, 3.8) is 0 Å². The zero-order chi connectivity index (χ0) is 17.8. The monoisotopic (exact) mass is 348 g/mol. The summed E-state index contributed by atoms with van der Waals surface area (Å²) in [5.74, 6) is 1.60. The SMILES string of the molecule is O=C(Nc1ccccc1)c1cc(Nc2ccc3c(c2)OCCO3)ncn1. The number of aromatic nitrogens is 2. The molecule has 130 valence electrons. The molecule has 7 heteroatoms. The number of carbonyl (C=O) groups is 1. The van der Waals surface area contributed by atoms with Gasteiger partial charge < -0.3 is 20.1 Å². The second-order valence-corrected chi connectivity index (χ2v) is 5.59. The van der Waals surface area contributed by atoms with Gasteiger partial charge in [0.1, 0.15) is 31.1 Å². The van der Waals surface area contributed by atoms with E-state index in [9.17, 15) is 4.79 Å². The second kappa shape index (κ2) is 7.10. The third-order valence-electron chi connectivity index (χ3n) is 3.75. The molecule has 2 N–H and O–H groups in total. The van der Waals surface area contributed by atoms with Crippen molar-refractivity contribution in [2.75, 3.05) is 23.8 Å². The number of rotatable bonds is 4. The maximum absolute atomic E-state index is 12.3. The summed E-state index contributed by atoms with van der Waals surface area (Å²) in [6.07, 6.45) is 1.35. The van der Waals surface area contributed by atoms with Crippen LogP contribution in [-0.4, -0.2) is 29.1 Å². The van der Waals surface area contributed by atoms with Gasteiger partial charge in [-0.2, -0.15) is 0 Å². The van der Waals surface area contributed by atoms with E-state index in [4.69, 9.17) is 9.47 Å². The van der Waals surface area contributed by atoms with Crippen LogP contribution in [-0.2, 0) is 0 Å². The zero-order valence-electron chi connectivity index (χ0n) is 13.8. The van der Waals surface area contributed by atoms with Gasteiger partial charge in [0.15, 0.2) is 11.5 Å². The molecule has 1 aliphatic rings. The van der Waals surface area contributed by atoms with Gasteiger partial charge in [-0.25, -0.2) is 9.97 Å². The summed E-state index contributed by atoms with van der Waals surface area (Å²) in [4.78, 5) is 20.5. The van der Waals surface area contributed by atoms with Crippen LogP contribution in [0.2, 0.25) is 0 Å². The molecule has 0 saturated heterocycles. The molecule has 0 unspecified atom stereocenters. The molecule has 4 rings (SSSR count). The number of amides is 1. The summed E-state index contributed by atoms with van der Waals surface area (Å²) in [6.45, 7) is 1.07. The van der Waals surface area contributed by atoms with E-state index in [-0.39, 0.29) is 11.6 Å². The van der Waals surface area contributed by atoms with Crippen LogP contribution in [0.4, 0.5) is 17.2 Å². The van der Waals surface area contributed by atoms with Crippen molar-refractivity contribution in [1.82, 2.24) is 9.97 Å². The lowest BCUT2D eigenvalue weighted by Gasteiger charge is -2.19. The summed E-state index contributed by atoms with van der Waals surface area (Å²) >= 11 is 0. The molecule has 0 spiro atoms. The minimum Gasteiger partial charge on any atom is -0.486 e. The Bertz CT molecular complexity index is 931. The Labute approximate surface area is 150 Å². The molecule has 7 nitrogen and oxygen atoms in total. The number of nitrogens with zero attached hydrogens (tertiary/aromatic N) is 2. The van der Waals surface area contributed by atoms with Crippen LogP contribution >= 0.6 is 0 Å². The lowest BCUT2D eigenvalue weighted by molar-refractivity contribution is 0.102. The first-order valence-electron chi connectivity index (χ1n) is 8.13. The van der Waals surface area contributed by atoms with Gasteiger partial charge in [-0.05, 0) is 24.3 Å². The van der Waals surface area contributed by atoms with Gasteiger partial charge in [-0.1, -0.05) is 18.2 Å². The third-order valence-corrected chi connectivity index (χ3v) is 3.75. The van der Waals surface area contributed by atoms with Gasteiger partial charge in [0, 0.05) is 23.5 Å². The smallest absolute Gasteiger partial charge is 0.274 e. The predicted octanol–water partition coefficient (Wildman–Crippen LogP) is 3.24. The largest absolute Gasteiger partial charge is 0.486 e. The molecule has 0 saturated carbocycles. The Kier molecular flexibility index (Phi) is 4.34. The van der Waals surface area contributed by atoms with Crippen molar-refractivity contribution < 1.29 is 14.3 Å². The quantitative estimate of drug-likeness (QED) is 0.753. The van der Waals surface area contributed by atoms with Crippen molar-refractivity contribution in [3.05, 3.63) is 66.6 Å². The number of hydrogen-bond donors (Lipinski definition) is 2. The third kappa shape index (κ3) is 3.56. The fourth-order valence-corrected chi connectivity index (χ4v) is 2.54. The molecule has 26 heavy (non-hydrogen) atoms. The zero-order valence-corrected chi connectivity index (χ0v) is 13.8. The molecule has 0 bridgehead atoms. The van der Waals surface area contributed by atoms with Gasteiger partial charge in [-0.15, -0.1) is 0 Å². The highest BCUT2D eigenvalue weighted by Gasteiger charge is 2.13. The van der Waals surface area contributed by atoms with E-state index >= 15 is 0 Å². The van der Waals surface area contributed by atoms with Crippen LogP contribution in [0.3, 0.4) is 0 Å². The highest BCUT2D eigenvalue weighted by Crippen LogP contribution is 2.33. The first kappa shape index (κ1) is 15.9.